The van der Waals surface area contributed by atoms with Gasteiger partial charge >= 0.3 is 0 Å². The Kier molecular flexibility index (Phi) is 58.1. The van der Waals surface area contributed by atoms with E-state index in [9.17, 15) is 61.0 Å². The standard InChI is InChI=1S/C82H153NO18/c1-3-5-7-9-11-13-15-17-19-21-23-25-27-29-30-31-32-33-34-36-37-39-41-43-45-47-49-51-53-55-57-59-66(87)65(83-70(88)60-58-56-54-52-50-48-46-44-42-40-38-35-28-26-24-22-20-18-16-14-12-10-8-6-4-2)64-96-80-76(94)73(91)78(68(62-85)98-80)101-82-77(95)74(92)79(69(63-86)99-82)100-81-75(93)72(90)71(89)67(61-84)97-81/h22,24,49,51,57,59,65-69,71-82,84-87,89-95H,3-21,23,25-48,50,52-56,58,60-64H2,1-2H3,(H,83,88)/b24-22-,51-49+,59-57+. The minimum absolute atomic E-state index is 0.237. The number of aliphatic hydroxyl groups excluding tert-OH is 11. The van der Waals surface area contributed by atoms with Crippen molar-refractivity contribution in [3.05, 3.63) is 36.5 Å². The zero-order valence-corrected chi connectivity index (χ0v) is 63.7. The average molecular weight is 1440 g/mol. The molecule has 3 fully saturated rings. The zero-order valence-electron chi connectivity index (χ0n) is 63.7. The van der Waals surface area contributed by atoms with Crippen LogP contribution in [0.5, 0.6) is 0 Å². The Morgan fingerprint density at radius 3 is 0.990 bits per heavy atom. The fourth-order valence-electron chi connectivity index (χ4n) is 14.2. The molecule has 594 valence electrons. The Hall–Kier alpha value is -1.99. The third kappa shape index (κ3) is 43.0. The molecule has 19 nitrogen and oxygen atoms in total. The van der Waals surface area contributed by atoms with E-state index in [0.29, 0.717) is 12.8 Å². The lowest BCUT2D eigenvalue weighted by Crippen LogP contribution is -2.66. The molecule has 0 aliphatic carbocycles. The van der Waals surface area contributed by atoms with Gasteiger partial charge in [0.15, 0.2) is 18.9 Å². The Bertz CT molecular complexity index is 1960. The molecule has 0 spiro atoms. The SMILES string of the molecule is CCCCCCCCCC/C=C\CCCCCCCCCCCCCCCC(=O)NC(COC1OC(CO)C(OC2OC(CO)C(OC3OC(CO)C(O)C(O)C3O)C(O)C2O)C(O)C1O)C(O)/C=C/CC/C=C/CCCCCCCCCCCCCCCCCCCCCCCCCCC. The van der Waals surface area contributed by atoms with E-state index in [1.54, 1.807) is 6.08 Å². The van der Waals surface area contributed by atoms with Crippen molar-refractivity contribution in [2.75, 3.05) is 26.4 Å². The summed E-state index contributed by atoms with van der Waals surface area (Å²) in [6, 6.07) is -0.991. The van der Waals surface area contributed by atoms with Crippen LogP contribution in [0.1, 0.15) is 348 Å². The number of aliphatic hydroxyl groups is 11. The normalized spacial score (nSPS) is 26.4. The fourth-order valence-corrected chi connectivity index (χ4v) is 14.2. The number of unbranched alkanes of at least 4 members (excludes halogenated alkanes) is 47. The fraction of sp³-hybridized carbons (Fsp3) is 0.915. The zero-order chi connectivity index (χ0) is 73.2. The average Bonchev–Trinajstić information content (AvgIpc) is 0.782. The van der Waals surface area contributed by atoms with Gasteiger partial charge in [-0.2, -0.15) is 0 Å². The molecule has 0 aromatic rings. The van der Waals surface area contributed by atoms with Gasteiger partial charge in [0, 0.05) is 6.42 Å². The van der Waals surface area contributed by atoms with E-state index in [4.69, 9.17) is 28.4 Å². The molecule has 3 saturated heterocycles. The maximum atomic E-state index is 13.5. The van der Waals surface area contributed by atoms with Gasteiger partial charge in [0.05, 0.1) is 38.6 Å². The summed E-state index contributed by atoms with van der Waals surface area (Å²) in [7, 11) is 0. The topological polar surface area (TPSA) is 307 Å². The lowest BCUT2D eigenvalue weighted by molar-refractivity contribution is -0.379. The second kappa shape index (κ2) is 63.0. The number of carbonyl (C=O) groups is 1. The molecule has 3 aliphatic heterocycles. The predicted molar refractivity (Wildman–Crippen MR) is 402 cm³/mol. The molecule has 17 atom stereocenters. The minimum Gasteiger partial charge on any atom is -0.394 e. The van der Waals surface area contributed by atoms with Gasteiger partial charge in [0.1, 0.15) is 73.2 Å². The van der Waals surface area contributed by atoms with E-state index in [-0.39, 0.29) is 18.9 Å². The first-order valence-electron chi connectivity index (χ1n) is 41.7. The highest BCUT2D eigenvalue weighted by atomic mass is 16.8. The lowest BCUT2D eigenvalue weighted by Gasteiger charge is -2.48. The molecule has 3 heterocycles. The third-order valence-electron chi connectivity index (χ3n) is 20.9. The van der Waals surface area contributed by atoms with Crippen LogP contribution < -0.4 is 5.32 Å². The van der Waals surface area contributed by atoms with Crippen molar-refractivity contribution < 1.29 is 89.4 Å². The van der Waals surface area contributed by atoms with Crippen LogP contribution in [0.3, 0.4) is 0 Å². The van der Waals surface area contributed by atoms with Crippen molar-refractivity contribution in [1.82, 2.24) is 5.32 Å². The van der Waals surface area contributed by atoms with Crippen molar-refractivity contribution in [3.8, 4) is 0 Å². The Morgan fingerprint density at radius 2 is 0.634 bits per heavy atom. The third-order valence-corrected chi connectivity index (χ3v) is 20.9. The van der Waals surface area contributed by atoms with Crippen molar-refractivity contribution >= 4 is 5.91 Å². The number of amides is 1. The quantitative estimate of drug-likeness (QED) is 0.0199. The summed E-state index contributed by atoms with van der Waals surface area (Å²) < 4.78 is 34.5. The summed E-state index contributed by atoms with van der Waals surface area (Å²) in [4.78, 5) is 13.5. The van der Waals surface area contributed by atoms with Crippen LogP contribution in [-0.2, 0) is 33.2 Å². The van der Waals surface area contributed by atoms with Gasteiger partial charge in [-0.25, -0.2) is 0 Å². The maximum absolute atomic E-state index is 13.5. The van der Waals surface area contributed by atoms with Gasteiger partial charge in [-0.05, 0) is 57.8 Å². The minimum atomic E-state index is -1.98. The lowest BCUT2D eigenvalue weighted by atomic mass is 9.96. The molecule has 19 heteroatoms. The number of hydrogen-bond acceptors (Lipinski definition) is 18. The highest BCUT2D eigenvalue weighted by Crippen LogP contribution is 2.33. The van der Waals surface area contributed by atoms with E-state index >= 15 is 0 Å². The first kappa shape index (κ1) is 93.2. The Labute approximate surface area is 612 Å². The van der Waals surface area contributed by atoms with E-state index in [1.807, 2.05) is 6.08 Å². The molecule has 3 aliphatic rings. The summed E-state index contributed by atoms with van der Waals surface area (Å²) in [6.45, 7) is 1.77. The molecule has 3 rings (SSSR count). The summed E-state index contributed by atoms with van der Waals surface area (Å²) in [5.41, 5.74) is 0. The molecule has 0 aromatic heterocycles. The smallest absolute Gasteiger partial charge is 0.220 e. The van der Waals surface area contributed by atoms with Gasteiger partial charge in [0.25, 0.3) is 0 Å². The largest absolute Gasteiger partial charge is 0.394 e. The molecule has 0 aromatic carbocycles. The molecule has 0 saturated carbocycles. The summed E-state index contributed by atoms with van der Waals surface area (Å²) in [5.74, 6) is -0.280. The number of nitrogens with one attached hydrogen (secondary N) is 1. The maximum Gasteiger partial charge on any atom is 0.220 e. The monoisotopic (exact) mass is 1440 g/mol. The molecule has 17 unspecified atom stereocenters. The van der Waals surface area contributed by atoms with Crippen LogP contribution in [-0.4, -0.2) is 193 Å². The van der Waals surface area contributed by atoms with Gasteiger partial charge < -0.3 is 89.9 Å². The van der Waals surface area contributed by atoms with Gasteiger partial charge in [-0.3, -0.25) is 4.79 Å². The van der Waals surface area contributed by atoms with Crippen LogP contribution in [0.4, 0.5) is 0 Å². The first-order valence-corrected chi connectivity index (χ1v) is 41.7. The highest BCUT2D eigenvalue weighted by molar-refractivity contribution is 5.76. The molecule has 0 radical (unpaired) electrons. The van der Waals surface area contributed by atoms with Gasteiger partial charge in [0.2, 0.25) is 5.91 Å². The molecule has 12 N–H and O–H groups in total. The van der Waals surface area contributed by atoms with Crippen LogP contribution in [0.2, 0.25) is 0 Å². The number of hydrogen-bond donors (Lipinski definition) is 12. The molecule has 0 bridgehead atoms. The Morgan fingerprint density at radius 1 is 0.347 bits per heavy atom. The Balaban J connectivity index is 1.37. The van der Waals surface area contributed by atoms with Crippen molar-refractivity contribution in [2.45, 2.75) is 452 Å². The number of rotatable bonds is 67. The van der Waals surface area contributed by atoms with Crippen LogP contribution >= 0.6 is 0 Å². The second-order valence-corrected chi connectivity index (χ2v) is 29.9. The van der Waals surface area contributed by atoms with Crippen LogP contribution in [0, 0.1) is 0 Å². The summed E-state index contributed by atoms with van der Waals surface area (Å²) in [5, 5.41) is 121. The van der Waals surface area contributed by atoms with Crippen molar-refractivity contribution in [3.63, 3.8) is 0 Å². The molecule has 101 heavy (non-hydrogen) atoms. The highest BCUT2D eigenvalue weighted by Gasteiger charge is 2.54. The molecule has 1 amide bonds. The van der Waals surface area contributed by atoms with Crippen molar-refractivity contribution in [2.24, 2.45) is 0 Å². The van der Waals surface area contributed by atoms with Crippen LogP contribution in [0.15, 0.2) is 36.5 Å². The van der Waals surface area contributed by atoms with E-state index in [0.717, 1.165) is 38.5 Å². The summed E-state index contributed by atoms with van der Waals surface area (Å²) >= 11 is 0. The summed E-state index contributed by atoms with van der Waals surface area (Å²) in [6.07, 6.45) is 51.5. The van der Waals surface area contributed by atoms with Gasteiger partial charge in [-0.1, -0.05) is 320 Å². The van der Waals surface area contributed by atoms with Crippen LogP contribution in [0.25, 0.3) is 0 Å². The predicted octanol–water partition coefficient (Wildman–Crippen LogP) is 14.3. The second-order valence-electron chi connectivity index (χ2n) is 29.9. The van der Waals surface area contributed by atoms with E-state index < -0.39 is 124 Å². The van der Waals surface area contributed by atoms with Gasteiger partial charge in [-0.15, -0.1) is 0 Å². The molecular formula is C82H153NO18. The van der Waals surface area contributed by atoms with E-state index in [2.05, 4.69) is 43.5 Å². The molecular weight excluding hydrogens is 1290 g/mol. The first-order chi connectivity index (χ1) is 49.3. The number of allylic oxidation sites excluding steroid dienone is 5. The number of carbonyl (C=O) groups excluding carboxylic acids is 1. The number of ether oxygens (including phenoxy) is 6. The van der Waals surface area contributed by atoms with Crippen molar-refractivity contribution in [1.29, 1.82) is 0 Å². The van der Waals surface area contributed by atoms with E-state index in [1.165, 1.54) is 276 Å².